The van der Waals surface area contributed by atoms with Crippen LogP contribution >= 0.6 is 0 Å². The first-order chi connectivity index (χ1) is 14.0. The van der Waals surface area contributed by atoms with Crippen LogP contribution < -0.4 is 15.4 Å². The summed E-state index contributed by atoms with van der Waals surface area (Å²) < 4.78 is 11.1. The van der Waals surface area contributed by atoms with Crippen molar-refractivity contribution in [2.45, 2.75) is 65.7 Å². The van der Waals surface area contributed by atoms with Crippen LogP contribution in [0.5, 0.6) is 5.75 Å². The topological polar surface area (TPSA) is 76.7 Å². The fraction of sp³-hybridized carbons (Fsp3) is 0.417. The van der Waals surface area contributed by atoms with Gasteiger partial charge in [-0.25, -0.2) is 4.79 Å². The van der Waals surface area contributed by atoms with Gasteiger partial charge < -0.3 is 20.1 Å². The summed E-state index contributed by atoms with van der Waals surface area (Å²) in [5.41, 5.74) is 4.40. The lowest BCUT2D eigenvalue weighted by molar-refractivity contribution is -0.122. The predicted molar refractivity (Wildman–Crippen MR) is 117 cm³/mol. The molecule has 160 valence electrons. The molecule has 0 aromatic heterocycles. The Balaban J connectivity index is 1.93. The van der Waals surface area contributed by atoms with E-state index in [-0.39, 0.29) is 11.9 Å². The van der Waals surface area contributed by atoms with E-state index >= 15 is 0 Å². The number of alkyl carbamates (subject to hydrolysis) is 1. The van der Waals surface area contributed by atoms with Crippen LogP contribution in [0.2, 0.25) is 0 Å². The van der Waals surface area contributed by atoms with Gasteiger partial charge in [-0.2, -0.15) is 0 Å². The monoisotopic (exact) mass is 410 g/mol. The van der Waals surface area contributed by atoms with Gasteiger partial charge in [0.25, 0.3) is 5.91 Å². The summed E-state index contributed by atoms with van der Waals surface area (Å²) >= 11 is 0. The molecule has 2 aromatic carbocycles. The Morgan fingerprint density at radius 3 is 2.67 bits per heavy atom. The number of carbonyl (C=O) groups excluding carboxylic acids is 2. The van der Waals surface area contributed by atoms with Crippen molar-refractivity contribution in [2.24, 2.45) is 0 Å². The second-order valence-electron chi connectivity index (χ2n) is 8.77. The average molecular weight is 411 g/mol. The summed E-state index contributed by atoms with van der Waals surface area (Å²) in [4.78, 5) is 24.6. The van der Waals surface area contributed by atoms with Gasteiger partial charge in [-0.1, -0.05) is 24.3 Å². The van der Waals surface area contributed by atoms with Crippen molar-refractivity contribution >= 4 is 17.7 Å². The van der Waals surface area contributed by atoms with E-state index in [4.69, 9.17) is 9.47 Å². The zero-order valence-corrected chi connectivity index (χ0v) is 18.5. The molecule has 0 radical (unpaired) electrons. The van der Waals surface area contributed by atoms with E-state index < -0.39 is 17.8 Å². The lowest BCUT2D eigenvalue weighted by Crippen LogP contribution is -2.36. The summed E-state index contributed by atoms with van der Waals surface area (Å²) in [6.45, 7) is 11.4. The molecular formula is C24H30N2O4. The Kier molecular flexibility index (Phi) is 6.06. The van der Waals surface area contributed by atoms with E-state index in [1.165, 1.54) is 11.1 Å². The van der Waals surface area contributed by atoms with E-state index in [1.54, 1.807) is 6.92 Å². The second-order valence-corrected chi connectivity index (χ2v) is 8.77. The van der Waals surface area contributed by atoms with Gasteiger partial charge in [-0.05, 0) is 82.3 Å². The van der Waals surface area contributed by atoms with Crippen LogP contribution in [0.15, 0.2) is 36.4 Å². The number of hydrogen-bond acceptors (Lipinski definition) is 4. The fourth-order valence-electron chi connectivity index (χ4n) is 3.40. The third kappa shape index (κ3) is 5.12. The van der Waals surface area contributed by atoms with Gasteiger partial charge in [0.15, 0.2) is 6.10 Å². The van der Waals surface area contributed by atoms with Gasteiger partial charge >= 0.3 is 6.09 Å². The molecule has 6 heteroatoms. The highest BCUT2D eigenvalue weighted by Crippen LogP contribution is 2.33. The molecule has 0 bridgehead atoms. The summed E-state index contributed by atoms with van der Waals surface area (Å²) in [7, 11) is 0. The summed E-state index contributed by atoms with van der Waals surface area (Å²) in [6, 6.07) is 11.4. The molecule has 0 saturated carbocycles. The smallest absolute Gasteiger partial charge is 0.408 e. The quantitative estimate of drug-likeness (QED) is 0.757. The number of benzene rings is 2. The van der Waals surface area contributed by atoms with Crippen LogP contribution in [0.1, 0.15) is 56.0 Å². The number of aryl methyl sites for hydroxylation is 1. The maximum absolute atomic E-state index is 12.5. The Labute approximate surface area is 178 Å². The summed E-state index contributed by atoms with van der Waals surface area (Å²) in [6.07, 6.45) is -0.421. The van der Waals surface area contributed by atoms with E-state index in [1.807, 2.05) is 45.0 Å². The molecule has 2 atom stereocenters. The highest BCUT2D eigenvalue weighted by molar-refractivity contribution is 5.97. The number of ether oxygens (including phenoxy) is 2. The summed E-state index contributed by atoms with van der Waals surface area (Å²) in [5, 5.41) is 5.87. The molecule has 2 aromatic rings. The Hall–Kier alpha value is -3.02. The van der Waals surface area contributed by atoms with Crippen molar-refractivity contribution in [3.05, 3.63) is 58.7 Å². The molecule has 0 aliphatic carbocycles. The molecule has 1 aliphatic rings. The Morgan fingerprint density at radius 1 is 1.23 bits per heavy atom. The Morgan fingerprint density at radius 2 is 1.97 bits per heavy atom. The predicted octanol–water partition coefficient (Wildman–Crippen LogP) is 4.83. The van der Waals surface area contributed by atoms with E-state index in [2.05, 4.69) is 36.6 Å². The Bertz CT molecular complexity index is 962. The first-order valence-electron chi connectivity index (χ1n) is 10.2. The molecule has 2 N–H and O–H groups in total. The first-order valence-corrected chi connectivity index (χ1v) is 10.2. The van der Waals surface area contributed by atoms with Gasteiger partial charge in [0, 0.05) is 0 Å². The van der Waals surface area contributed by atoms with Gasteiger partial charge in [0.05, 0.1) is 11.7 Å². The largest absolute Gasteiger partial charge is 0.479 e. The molecule has 2 unspecified atom stereocenters. The molecular weight excluding hydrogens is 380 g/mol. The zero-order valence-electron chi connectivity index (χ0n) is 18.5. The number of anilines is 1. The van der Waals surface area contributed by atoms with Crippen molar-refractivity contribution < 1.29 is 19.1 Å². The molecule has 0 saturated heterocycles. The van der Waals surface area contributed by atoms with E-state index in [9.17, 15) is 9.59 Å². The van der Waals surface area contributed by atoms with Crippen molar-refractivity contribution in [1.29, 1.82) is 0 Å². The number of carbonyl (C=O) groups is 2. The molecule has 1 heterocycles. The first kappa shape index (κ1) is 21.7. The summed E-state index contributed by atoms with van der Waals surface area (Å²) in [5.74, 6) is 0.430. The van der Waals surface area contributed by atoms with Crippen LogP contribution in [0.4, 0.5) is 10.5 Å². The number of fused-ring (bicyclic) bond motifs is 1. The molecule has 0 fully saturated rings. The van der Waals surface area contributed by atoms with Crippen LogP contribution in [-0.4, -0.2) is 23.7 Å². The van der Waals surface area contributed by atoms with E-state index in [0.717, 1.165) is 11.1 Å². The lowest BCUT2D eigenvalue weighted by Gasteiger charge is -2.27. The molecule has 0 spiro atoms. The van der Waals surface area contributed by atoms with Gasteiger partial charge in [0.2, 0.25) is 0 Å². The average Bonchev–Trinajstić information content (AvgIpc) is 2.64. The molecule has 30 heavy (non-hydrogen) atoms. The molecule has 3 rings (SSSR count). The second kappa shape index (κ2) is 8.38. The normalized spacial score (nSPS) is 16.7. The maximum Gasteiger partial charge on any atom is 0.408 e. The number of nitrogens with one attached hydrogen (secondary N) is 2. The van der Waals surface area contributed by atoms with Crippen molar-refractivity contribution in [2.75, 3.05) is 5.32 Å². The minimum absolute atomic E-state index is 0.189. The van der Waals surface area contributed by atoms with E-state index in [0.29, 0.717) is 17.9 Å². The van der Waals surface area contributed by atoms with Crippen LogP contribution in [0.25, 0.3) is 0 Å². The fourth-order valence-corrected chi connectivity index (χ4v) is 3.40. The van der Waals surface area contributed by atoms with Crippen molar-refractivity contribution in [3.63, 3.8) is 0 Å². The third-order valence-corrected chi connectivity index (χ3v) is 5.17. The van der Waals surface area contributed by atoms with Crippen LogP contribution in [0.3, 0.4) is 0 Å². The van der Waals surface area contributed by atoms with Crippen LogP contribution in [0, 0.1) is 13.8 Å². The zero-order chi connectivity index (χ0) is 22.1. The highest BCUT2D eigenvalue weighted by Gasteiger charge is 2.26. The van der Waals surface area contributed by atoms with Gasteiger partial charge in [-0.3, -0.25) is 4.79 Å². The molecule has 2 amide bonds. The highest BCUT2D eigenvalue weighted by atomic mass is 16.6. The minimum Gasteiger partial charge on any atom is -0.479 e. The van der Waals surface area contributed by atoms with Gasteiger partial charge in [-0.15, -0.1) is 0 Å². The third-order valence-electron chi connectivity index (χ3n) is 5.17. The maximum atomic E-state index is 12.5. The number of hydrogen-bond donors (Lipinski definition) is 2. The van der Waals surface area contributed by atoms with Crippen LogP contribution in [-0.2, 0) is 16.0 Å². The van der Waals surface area contributed by atoms with Gasteiger partial charge in [0.1, 0.15) is 11.4 Å². The standard InChI is InChI=1S/C24H30N2O4/c1-14-8-7-9-17(15(14)2)12-19(26-23(28)30-24(4,5)6)18-10-11-21-20(13-18)25-22(27)16(3)29-21/h7-11,13,16,19H,12H2,1-6H3,(H,25,27)(H,26,28). The lowest BCUT2D eigenvalue weighted by atomic mass is 9.93. The minimum atomic E-state index is -0.596. The van der Waals surface area contributed by atoms with Crippen molar-refractivity contribution in [3.8, 4) is 5.75 Å². The molecule has 1 aliphatic heterocycles. The van der Waals surface area contributed by atoms with Crippen molar-refractivity contribution in [1.82, 2.24) is 5.32 Å². The SMILES string of the molecule is Cc1cccc(CC(NC(=O)OC(C)(C)C)c2ccc3c(c2)NC(=O)C(C)O3)c1C. The number of amides is 2. The molecule has 6 nitrogen and oxygen atoms in total. The number of rotatable bonds is 4.